The second kappa shape index (κ2) is 11.2. The summed E-state index contributed by atoms with van der Waals surface area (Å²) < 4.78 is 11.7. The van der Waals surface area contributed by atoms with Crippen LogP contribution in [-0.2, 0) is 19.7 Å². The van der Waals surface area contributed by atoms with Crippen LogP contribution in [0, 0.1) is 6.92 Å². The van der Waals surface area contributed by atoms with Crippen LogP contribution in [0.4, 0.5) is 10.5 Å². The predicted octanol–water partition coefficient (Wildman–Crippen LogP) is 8.95. The standard InChI is InChI=1S/C32H30ClNO4S/c1-4-37-30(35)32(16-17-32)23-14-15-25(22-11-6-5-7-12-22)26(18-23)29-27(19-28(33)39-29)34-31(36)38-21(3)24-13-9-8-10-20(24)2/h5-15,18-19,21H,4,16-17H2,1-3H3,(H,34,36). The van der Waals surface area contributed by atoms with Crippen molar-refractivity contribution in [3.05, 3.63) is 99.9 Å². The van der Waals surface area contributed by atoms with E-state index in [4.69, 9.17) is 21.1 Å². The average Bonchev–Trinajstić information content (AvgIpc) is 3.67. The third kappa shape index (κ3) is 5.58. The van der Waals surface area contributed by atoms with Gasteiger partial charge in [0.2, 0.25) is 0 Å². The Hall–Kier alpha value is -3.61. The molecule has 1 amide bonds. The van der Waals surface area contributed by atoms with Crippen molar-refractivity contribution >= 4 is 40.7 Å². The van der Waals surface area contributed by atoms with Gasteiger partial charge in [0, 0.05) is 5.56 Å². The number of halogens is 1. The lowest BCUT2D eigenvalue weighted by Gasteiger charge is -2.19. The third-order valence-corrected chi connectivity index (χ3v) is 8.46. The second-order valence-corrected chi connectivity index (χ2v) is 11.4. The zero-order chi connectivity index (χ0) is 27.6. The highest BCUT2D eigenvalue weighted by Gasteiger charge is 2.53. The highest BCUT2D eigenvalue weighted by molar-refractivity contribution is 7.20. The van der Waals surface area contributed by atoms with Crippen molar-refractivity contribution in [2.75, 3.05) is 11.9 Å². The van der Waals surface area contributed by atoms with E-state index in [1.54, 1.807) is 6.07 Å². The van der Waals surface area contributed by atoms with Crippen LogP contribution in [0.15, 0.2) is 78.9 Å². The fourth-order valence-corrected chi connectivity index (χ4v) is 6.18. The van der Waals surface area contributed by atoms with Crippen molar-refractivity contribution in [3.63, 3.8) is 0 Å². The zero-order valence-electron chi connectivity index (χ0n) is 22.1. The molecule has 0 bridgehead atoms. The zero-order valence-corrected chi connectivity index (χ0v) is 23.7. The number of benzene rings is 3. The molecule has 0 spiro atoms. The molecule has 0 saturated heterocycles. The largest absolute Gasteiger partial charge is 0.465 e. The molecular weight excluding hydrogens is 530 g/mol. The Morgan fingerprint density at radius 1 is 1.00 bits per heavy atom. The number of hydrogen-bond acceptors (Lipinski definition) is 5. The first-order valence-electron chi connectivity index (χ1n) is 13.0. The van der Waals surface area contributed by atoms with Gasteiger partial charge in [-0.05, 0) is 73.6 Å². The minimum atomic E-state index is -0.628. The maximum absolute atomic E-state index is 13.0. The Kier molecular flexibility index (Phi) is 7.78. The normalized spacial score (nSPS) is 14.4. The Morgan fingerprint density at radius 2 is 1.72 bits per heavy atom. The first-order valence-corrected chi connectivity index (χ1v) is 14.2. The van der Waals surface area contributed by atoms with Gasteiger partial charge in [-0.3, -0.25) is 10.1 Å². The van der Waals surface area contributed by atoms with Gasteiger partial charge in [0.25, 0.3) is 0 Å². The summed E-state index contributed by atoms with van der Waals surface area (Å²) in [6.07, 6.45) is 0.500. The number of amides is 1. The van der Waals surface area contributed by atoms with Crippen molar-refractivity contribution < 1.29 is 19.1 Å². The molecule has 39 heavy (non-hydrogen) atoms. The van der Waals surface area contributed by atoms with E-state index < -0.39 is 17.6 Å². The van der Waals surface area contributed by atoms with Crippen molar-refractivity contribution in [2.45, 2.75) is 45.1 Å². The number of hydrogen-bond donors (Lipinski definition) is 1. The second-order valence-electron chi connectivity index (χ2n) is 9.75. The van der Waals surface area contributed by atoms with Gasteiger partial charge in [-0.2, -0.15) is 0 Å². The molecule has 0 aliphatic heterocycles. The van der Waals surface area contributed by atoms with Crippen molar-refractivity contribution in [3.8, 4) is 21.6 Å². The van der Waals surface area contributed by atoms with E-state index in [9.17, 15) is 9.59 Å². The number of nitrogens with one attached hydrogen (secondary N) is 1. The SMILES string of the molecule is CCOC(=O)C1(c2ccc(-c3ccccc3)c(-c3sc(Cl)cc3NC(=O)OC(C)c3ccccc3C)c2)CC1. The number of esters is 1. The summed E-state index contributed by atoms with van der Waals surface area (Å²) in [6, 6.07) is 25.7. The molecule has 0 radical (unpaired) electrons. The van der Waals surface area contributed by atoms with Crippen molar-refractivity contribution in [1.82, 2.24) is 0 Å². The highest BCUT2D eigenvalue weighted by atomic mass is 35.5. The molecule has 1 unspecified atom stereocenters. The van der Waals surface area contributed by atoms with Crippen LogP contribution in [0.5, 0.6) is 0 Å². The van der Waals surface area contributed by atoms with Crippen LogP contribution < -0.4 is 5.32 Å². The molecule has 4 aromatic rings. The van der Waals surface area contributed by atoms with E-state index in [1.807, 2.05) is 93.6 Å². The van der Waals surface area contributed by atoms with Crippen molar-refractivity contribution in [1.29, 1.82) is 0 Å². The lowest BCUT2D eigenvalue weighted by Crippen LogP contribution is -2.23. The minimum Gasteiger partial charge on any atom is -0.465 e. The van der Waals surface area contributed by atoms with Gasteiger partial charge in [-0.25, -0.2) is 4.79 Å². The molecule has 1 aliphatic carbocycles. The average molecular weight is 560 g/mol. The van der Waals surface area contributed by atoms with E-state index >= 15 is 0 Å². The third-order valence-electron chi connectivity index (χ3n) is 7.17. The molecule has 5 nitrogen and oxygen atoms in total. The van der Waals surface area contributed by atoms with Gasteiger partial charge in [-0.1, -0.05) is 78.3 Å². The first kappa shape index (κ1) is 27.0. The maximum Gasteiger partial charge on any atom is 0.412 e. The van der Waals surface area contributed by atoms with E-state index in [-0.39, 0.29) is 5.97 Å². The molecule has 7 heteroatoms. The molecule has 1 saturated carbocycles. The number of aryl methyl sites for hydroxylation is 1. The monoisotopic (exact) mass is 559 g/mol. The topological polar surface area (TPSA) is 64.6 Å². The molecular formula is C32H30ClNO4S. The number of carbonyl (C=O) groups is 2. The summed E-state index contributed by atoms with van der Waals surface area (Å²) in [5.41, 5.74) is 5.71. The molecule has 1 atom stereocenters. The molecule has 200 valence electrons. The van der Waals surface area contributed by atoms with Crippen molar-refractivity contribution in [2.24, 2.45) is 0 Å². The van der Waals surface area contributed by atoms with Gasteiger partial charge in [0.1, 0.15) is 6.10 Å². The lowest BCUT2D eigenvalue weighted by molar-refractivity contribution is -0.146. The predicted molar refractivity (Wildman–Crippen MR) is 157 cm³/mol. The van der Waals surface area contributed by atoms with E-state index in [0.717, 1.165) is 51.1 Å². The fraction of sp³-hybridized carbons (Fsp3) is 0.250. The van der Waals surface area contributed by atoms with Gasteiger partial charge in [0.15, 0.2) is 0 Å². The Balaban J connectivity index is 1.51. The van der Waals surface area contributed by atoms with E-state index in [0.29, 0.717) is 16.6 Å². The molecule has 1 aromatic heterocycles. The minimum absolute atomic E-state index is 0.195. The molecule has 1 N–H and O–H groups in total. The summed E-state index contributed by atoms with van der Waals surface area (Å²) >= 11 is 7.88. The maximum atomic E-state index is 13.0. The van der Waals surface area contributed by atoms with Crippen LogP contribution in [0.1, 0.15) is 49.5 Å². The molecule has 3 aromatic carbocycles. The summed E-state index contributed by atoms with van der Waals surface area (Å²) in [5, 5.41) is 2.92. The Labute approximate surface area is 237 Å². The molecule has 1 fully saturated rings. The number of anilines is 1. The van der Waals surface area contributed by atoms with Crippen LogP contribution in [-0.4, -0.2) is 18.7 Å². The molecule has 5 rings (SSSR count). The van der Waals surface area contributed by atoms with Crippen LogP contribution in [0.3, 0.4) is 0 Å². The van der Waals surface area contributed by atoms with Gasteiger partial charge >= 0.3 is 12.1 Å². The Bertz CT molecular complexity index is 1510. The van der Waals surface area contributed by atoms with Gasteiger partial charge in [-0.15, -0.1) is 11.3 Å². The van der Waals surface area contributed by atoms with Crippen LogP contribution >= 0.6 is 22.9 Å². The fourth-order valence-electron chi connectivity index (χ4n) is 4.96. The molecule has 1 heterocycles. The summed E-state index contributed by atoms with van der Waals surface area (Å²) in [4.78, 5) is 26.7. The number of thiophene rings is 1. The van der Waals surface area contributed by atoms with E-state index in [1.165, 1.54) is 11.3 Å². The number of carbonyl (C=O) groups excluding carboxylic acids is 2. The summed E-state index contributed by atoms with van der Waals surface area (Å²) in [7, 11) is 0. The first-order chi connectivity index (χ1) is 18.8. The number of rotatable bonds is 8. The van der Waals surface area contributed by atoms with Crippen LogP contribution in [0.2, 0.25) is 4.34 Å². The van der Waals surface area contributed by atoms with Gasteiger partial charge in [0.05, 0.1) is 26.9 Å². The van der Waals surface area contributed by atoms with E-state index in [2.05, 4.69) is 5.32 Å². The highest BCUT2D eigenvalue weighted by Crippen LogP contribution is 2.52. The lowest BCUT2D eigenvalue weighted by atomic mass is 9.89. The molecule has 1 aliphatic rings. The summed E-state index contributed by atoms with van der Waals surface area (Å²) in [5.74, 6) is -0.195. The Morgan fingerprint density at radius 3 is 2.41 bits per heavy atom. The summed E-state index contributed by atoms with van der Waals surface area (Å²) in [6.45, 7) is 6.01. The quantitative estimate of drug-likeness (QED) is 0.219. The smallest absolute Gasteiger partial charge is 0.412 e. The van der Waals surface area contributed by atoms with Gasteiger partial charge < -0.3 is 9.47 Å². The van der Waals surface area contributed by atoms with Crippen LogP contribution in [0.25, 0.3) is 21.6 Å². The number of ether oxygens (including phenoxy) is 2.